The second-order valence-corrected chi connectivity index (χ2v) is 8.26. The van der Waals surface area contributed by atoms with Crippen molar-refractivity contribution in [2.75, 3.05) is 32.1 Å². The Hall–Kier alpha value is -3.16. The largest absolute Gasteiger partial charge is 0.494 e. The van der Waals surface area contributed by atoms with E-state index in [2.05, 4.69) is 33.5 Å². The van der Waals surface area contributed by atoms with Gasteiger partial charge in [-0.1, -0.05) is 42.5 Å². The van der Waals surface area contributed by atoms with Crippen LogP contribution in [0.25, 0.3) is 0 Å². The summed E-state index contributed by atoms with van der Waals surface area (Å²) in [5.74, 6) is 1.43. The summed E-state index contributed by atoms with van der Waals surface area (Å²) >= 11 is 0. The number of methoxy groups -OCH3 is 1. The lowest BCUT2D eigenvalue weighted by Gasteiger charge is -2.32. The molecule has 1 atom stereocenters. The van der Waals surface area contributed by atoms with Crippen LogP contribution < -0.4 is 10.1 Å². The molecule has 174 valence electrons. The monoisotopic (exact) mass is 448 g/mol. The molecule has 1 aromatic heterocycles. The van der Waals surface area contributed by atoms with Gasteiger partial charge in [0.05, 0.1) is 18.8 Å². The fourth-order valence-electron chi connectivity index (χ4n) is 4.40. The van der Waals surface area contributed by atoms with Crippen LogP contribution in [0.5, 0.6) is 5.75 Å². The number of benzene rings is 2. The van der Waals surface area contributed by atoms with Crippen molar-refractivity contribution in [1.29, 1.82) is 0 Å². The van der Waals surface area contributed by atoms with Gasteiger partial charge in [-0.15, -0.1) is 0 Å². The van der Waals surface area contributed by atoms with E-state index in [9.17, 15) is 4.79 Å². The molecule has 4 rings (SSSR count). The molecule has 1 N–H and O–H groups in total. The Morgan fingerprint density at radius 3 is 2.64 bits per heavy atom. The van der Waals surface area contributed by atoms with Crippen molar-refractivity contribution < 1.29 is 14.3 Å². The molecule has 0 bridgehead atoms. The van der Waals surface area contributed by atoms with Crippen molar-refractivity contribution in [1.82, 2.24) is 14.7 Å². The van der Waals surface area contributed by atoms with Crippen LogP contribution in [0.2, 0.25) is 0 Å². The maximum atomic E-state index is 12.9. The molecule has 3 aromatic rings. The molecule has 2 aromatic carbocycles. The highest BCUT2D eigenvalue weighted by atomic mass is 16.5. The molecular formula is C26H32N4O3. The van der Waals surface area contributed by atoms with Crippen LogP contribution in [0.3, 0.4) is 0 Å². The van der Waals surface area contributed by atoms with Crippen LogP contribution in [-0.2, 0) is 16.1 Å². The van der Waals surface area contributed by atoms with E-state index < -0.39 is 6.10 Å². The van der Waals surface area contributed by atoms with Crippen molar-refractivity contribution in [2.45, 2.75) is 38.5 Å². The van der Waals surface area contributed by atoms with Gasteiger partial charge in [-0.3, -0.25) is 9.69 Å². The average Bonchev–Trinajstić information content (AvgIpc) is 3.29. The van der Waals surface area contributed by atoms with Gasteiger partial charge in [-0.25, -0.2) is 4.68 Å². The van der Waals surface area contributed by atoms with Gasteiger partial charge in [0.15, 0.2) is 6.10 Å². The molecule has 33 heavy (non-hydrogen) atoms. The normalized spacial score (nSPS) is 15.8. The third-order valence-electron chi connectivity index (χ3n) is 6.02. The van der Waals surface area contributed by atoms with Crippen LogP contribution in [0, 0.1) is 0 Å². The first-order valence-electron chi connectivity index (χ1n) is 11.5. The summed E-state index contributed by atoms with van der Waals surface area (Å²) in [4.78, 5) is 15.4. The van der Waals surface area contributed by atoms with Crippen molar-refractivity contribution in [3.63, 3.8) is 0 Å². The summed E-state index contributed by atoms with van der Waals surface area (Å²) in [6.45, 7) is 5.53. The lowest BCUT2D eigenvalue weighted by atomic mass is 10.0. The van der Waals surface area contributed by atoms with Crippen LogP contribution in [-0.4, -0.2) is 47.4 Å². The van der Waals surface area contributed by atoms with Crippen LogP contribution in [0.15, 0.2) is 66.9 Å². The van der Waals surface area contributed by atoms with E-state index >= 15 is 0 Å². The van der Waals surface area contributed by atoms with Gasteiger partial charge in [0.25, 0.3) is 5.91 Å². The van der Waals surface area contributed by atoms with Crippen LogP contribution >= 0.6 is 0 Å². The Kier molecular flexibility index (Phi) is 7.75. The summed E-state index contributed by atoms with van der Waals surface area (Å²) < 4.78 is 13.0. The van der Waals surface area contributed by atoms with E-state index in [1.165, 1.54) is 5.56 Å². The fraction of sp³-hybridized carbons (Fsp3) is 0.385. The van der Waals surface area contributed by atoms with Gasteiger partial charge in [-0.05, 0) is 43.0 Å². The minimum absolute atomic E-state index is 0.197. The summed E-state index contributed by atoms with van der Waals surface area (Å²) in [5, 5.41) is 7.53. The number of hydrogen-bond acceptors (Lipinski definition) is 5. The van der Waals surface area contributed by atoms with Gasteiger partial charge in [-0.2, -0.15) is 5.10 Å². The van der Waals surface area contributed by atoms with E-state index in [1.807, 2.05) is 54.1 Å². The Labute approximate surface area is 195 Å². The van der Waals surface area contributed by atoms with Crippen LogP contribution in [0.1, 0.15) is 43.0 Å². The van der Waals surface area contributed by atoms with Gasteiger partial charge >= 0.3 is 0 Å². The fourth-order valence-corrected chi connectivity index (χ4v) is 4.40. The maximum absolute atomic E-state index is 12.9. The SMILES string of the molecule is CCOc1cccc(CN2CCC(n3nccc3NC(=O)C(OC)c3ccccc3)CC2)c1. The second kappa shape index (κ2) is 11.1. The molecule has 7 heteroatoms. The van der Waals surface area contributed by atoms with Gasteiger partial charge in [0, 0.05) is 32.8 Å². The zero-order valence-corrected chi connectivity index (χ0v) is 19.3. The number of piperidine rings is 1. The van der Waals surface area contributed by atoms with Crippen molar-refractivity contribution in [3.05, 3.63) is 78.0 Å². The Balaban J connectivity index is 1.35. The van der Waals surface area contributed by atoms with Gasteiger partial charge in [0.1, 0.15) is 11.6 Å². The summed E-state index contributed by atoms with van der Waals surface area (Å²) in [6.07, 6.45) is 3.03. The number of likely N-dealkylation sites (tertiary alicyclic amines) is 1. The summed E-state index contributed by atoms with van der Waals surface area (Å²) in [5.41, 5.74) is 2.09. The molecule has 1 saturated heterocycles. The molecule has 7 nitrogen and oxygen atoms in total. The molecule has 2 heterocycles. The van der Waals surface area contributed by atoms with Gasteiger partial charge < -0.3 is 14.8 Å². The lowest BCUT2D eigenvalue weighted by Crippen LogP contribution is -2.35. The van der Waals surface area contributed by atoms with Crippen molar-refractivity contribution >= 4 is 11.7 Å². The van der Waals surface area contributed by atoms with Crippen LogP contribution in [0.4, 0.5) is 5.82 Å². The number of anilines is 1. The summed E-state index contributed by atoms with van der Waals surface area (Å²) in [6, 6.07) is 19.9. The molecule has 1 fully saturated rings. The maximum Gasteiger partial charge on any atom is 0.259 e. The minimum Gasteiger partial charge on any atom is -0.494 e. The molecule has 1 aliphatic heterocycles. The highest BCUT2D eigenvalue weighted by Crippen LogP contribution is 2.27. The van der Waals surface area contributed by atoms with E-state index in [0.29, 0.717) is 12.4 Å². The second-order valence-electron chi connectivity index (χ2n) is 8.26. The number of amides is 1. The van der Waals surface area contributed by atoms with Crippen molar-refractivity contribution in [2.24, 2.45) is 0 Å². The lowest BCUT2D eigenvalue weighted by molar-refractivity contribution is -0.126. The number of carbonyl (C=O) groups is 1. The predicted octanol–water partition coefficient (Wildman–Crippen LogP) is 4.45. The van der Waals surface area contributed by atoms with Crippen molar-refractivity contribution in [3.8, 4) is 5.75 Å². The number of aromatic nitrogens is 2. The zero-order chi connectivity index (χ0) is 23.0. The predicted molar refractivity (Wildman–Crippen MR) is 128 cm³/mol. The zero-order valence-electron chi connectivity index (χ0n) is 19.3. The molecule has 1 aliphatic rings. The molecule has 0 saturated carbocycles. The average molecular weight is 449 g/mol. The third kappa shape index (κ3) is 5.80. The quantitative estimate of drug-likeness (QED) is 0.524. The smallest absolute Gasteiger partial charge is 0.259 e. The number of nitrogens with zero attached hydrogens (tertiary/aromatic N) is 3. The molecule has 0 aliphatic carbocycles. The minimum atomic E-state index is -0.663. The molecular weight excluding hydrogens is 416 g/mol. The Bertz CT molecular complexity index is 1030. The molecule has 1 unspecified atom stereocenters. The first-order chi connectivity index (χ1) is 16.2. The highest BCUT2D eigenvalue weighted by molar-refractivity contribution is 5.94. The molecule has 0 radical (unpaired) electrons. The number of nitrogens with one attached hydrogen (secondary N) is 1. The van der Waals surface area contributed by atoms with E-state index in [0.717, 1.165) is 43.8 Å². The molecule has 0 spiro atoms. The van der Waals surface area contributed by atoms with E-state index in [4.69, 9.17) is 9.47 Å². The number of hydrogen-bond donors (Lipinski definition) is 1. The standard InChI is InChI=1S/C26H32N4O3/c1-3-33-23-11-7-8-20(18-23)19-29-16-13-22(14-17-29)30-24(12-15-27-30)28-26(31)25(32-2)21-9-5-4-6-10-21/h4-12,15,18,22,25H,3,13-14,16-17,19H2,1-2H3,(H,28,31). The Morgan fingerprint density at radius 1 is 1.12 bits per heavy atom. The number of rotatable bonds is 9. The number of ether oxygens (including phenoxy) is 2. The highest BCUT2D eigenvalue weighted by Gasteiger charge is 2.25. The Morgan fingerprint density at radius 2 is 1.91 bits per heavy atom. The summed E-state index contributed by atoms with van der Waals surface area (Å²) in [7, 11) is 1.55. The molecule has 1 amide bonds. The van der Waals surface area contributed by atoms with E-state index in [1.54, 1.807) is 13.3 Å². The third-order valence-corrected chi connectivity index (χ3v) is 6.02. The number of carbonyl (C=O) groups excluding carboxylic acids is 1. The van der Waals surface area contributed by atoms with E-state index in [-0.39, 0.29) is 11.9 Å². The van der Waals surface area contributed by atoms with Gasteiger partial charge in [0.2, 0.25) is 0 Å². The first-order valence-corrected chi connectivity index (χ1v) is 11.5. The topological polar surface area (TPSA) is 68.6 Å². The first kappa shape index (κ1) is 23.0.